The van der Waals surface area contributed by atoms with Crippen molar-refractivity contribution >= 4 is 11.8 Å². The van der Waals surface area contributed by atoms with E-state index in [1.165, 1.54) is 0 Å². The molecule has 0 saturated heterocycles. The second-order valence-electron chi connectivity index (χ2n) is 11.1. The molecule has 0 unspecified atom stereocenters. The molecular weight excluding hydrogens is 462 g/mol. The number of aliphatic carboxylic acids is 1. The smallest absolute Gasteiger partial charge is 0.400 e. The number of carboxylic acid groups (broad SMARTS) is 1. The molecule has 0 aromatic heterocycles. The van der Waals surface area contributed by atoms with Crippen molar-refractivity contribution in [1.29, 1.82) is 0 Å². The van der Waals surface area contributed by atoms with Crippen molar-refractivity contribution in [1.82, 2.24) is 0 Å². The summed E-state index contributed by atoms with van der Waals surface area (Å²) in [6.45, 7) is 4.02. The molecule has 4 rings (SSSR count). The number of carbonyl (C=O) groups excluding carboxylic acids is 1. The summed E-state index contributed by atoms with van der Waals surface area (Å²) in [6, 6.07) is 0. The third-order valence-corrected chi connectivity index (χ3v) is 9.63. The SMILES string of the molecule is C[C@]12CC[C@H]3[C@@H](CC=C4C=C(C(=O)O)CC[C@@]43C)[C@@H]1CC[C@@H]2C(=O)CC(C(F)(F)F)C(F)(F)F. The predicted octanol–water partition coefficient (Wildman–Crippen LogP) is 6.89. The van der Waals surface area contributed by atoms with Crippen LogP contribution in [0.1, 0.15) is 65.2 Å². The minimum absolute atomic E-state index is 0.0508. The van der Waals surface area contributed by atoms with Crippen molar-refractivity contribution in [2.24, 2.45) is 40.4 Å². The Kier molecular flexibility index (Phi) is 6.04. The van der Waals surface area contributed by atoms with Crippen LogP contribution in [0.4, 0.5) is 26.3 Å². The first-order valence-electron chi connectivity index (χ1n) is 11.9. The van der Waals surface area contributed by atoms with Gasteiger partial charge in [0.15, 0.2) is 5.92 Å². The van der Waals surface area contributed by atoms with E-state index < -0.39 is 47.8 Å². The van der Waals surface area contributed by atoms with Gasteiger partial charge in [-0.3, -0.25) is 4.79 Å². The number of hydrogen-bond donors (Lipinski definition) is 1. The number of carbonyl (C=O) groups is 2. The van der Waals surface area contributed by atoms with Crippen LogP contribution in [0.3, 0.4) is 0 Å². The minimum atomic E-state index is -5.51. The molecule has 4 aliphatic carbocycles. The fourth-order valence-corrected chi connectivity index (χ4v) is 7.78. The van der Waals surface area contributed by atoms with E-state index >= 15 is 0 Å². The lowest BCUT2D eigenvalue weighted by atomic mass is 9.47. The molecule has 0 aromatic rings. The van der Waals surface area contributed by atoms with E-state index in [9.17, 15) is 41.0 Å². The highest BCUT2D eigenvalue weighted by molar-refractivity contribution is 5.87. The third-order valence-electron chi connectivity index (χ3n) is 9.63. The van der Waals surface area contributed by atoms with Gasteiger partial charge in [-0.05, 0) is 85.2 Å². The van der Waals surface area contributed by atoms with Gasteiger partial charge in [0, 0.05) is 17.9 Å². The molecule has 0 spiro atoms. The second kappa shape index (κ2) is 8.12. The van der Waals surface area contributed by atoms with Crippen LogP contribution in [0.15, 0.2) is 23.3 Å². The Labute approximate surface area is 194 Å². The first-order chi connectivity index (χ1) is 15.6. The number of ketones is 1. The molecule has 9 heteroatoms. The second-order valence-corrected chi connectivity index (χ2v) is 11.1. The van der Waals surface area contributed by atoms with Crippen molar-refractivity contribution < 1.29 is 41.0 Å². The maximum Gasteiger partial charge on any atom is 0.400 e. The van der Waals surface area contributed by atoms with E-state index in [-0.39, 0.29) is 23.2 Å². The molecule has 2 saturated carbocycles. The van der Waals surface area contributed by atoms with E-state index in [0.717, 1.165) is 12.0 Å². The van der Waals surface area contributed by atoms with Crippen LogP contribution in [-0.4, -0.2) is 29.2 Å². The van der Waals surface area contributed by atoms with Crippen LogP contribution in [0.2, 0.25) is 0 Å². The van der Waals surface area contributed by atoms with E-state index in [2.05, 4.69) is 13.0 Å². The molecule has 190 valence electrons. The van der Waals surface area contributed by atoms with Crippen molar-refractivity contribution in [2.75, 3.05) is 0 Å². The molecule has 0 amide bonds. The van der Waals surface area contributed by atoms with Crippen molar-refractivity contribution in [3.8, 4) is 0 Å². The van der Waals surface area contributed by atoms with Crippen LogP contribution in [0, 0.1) is 40.4 Å². The van der Waals surface area contributed by atoms with Crippen LogP contribution in [-0.2, 0) is 9.59 Å². The monoisotopic (exact) mass is 492 g/mol. The molecule has 6 atom stereocenters. The first-order valence-corrected chi connectivity index (χ1v) is 11.9. The zero-order chi connectivity index (χ0) is 25.3. The third kappa shape index (κ3) is 4.00. The summed E-state index contributed by atoms with van der Waals surface area (Å²) in [5.74, 6) is -5.77. The minimum Gasteiger partial charge on any atom is -0.478 e. The number of rotatable bonds is 4. The maximum absolute atomic E-state index is 13.1. The highest BCUT2D eigenvalue weighted by Crippen LogP contribution is 2.66. The first kappa shape index (κ1) is 25.3. The summed E-state index contributed by atoms with van der Waals surface area (Å²) in [7, 11) is 0. The normalized spacial score (nSPS) is 37.9. The lowest BCUT2D eigenvalue weighted by Gasteiger charge is -2.57. The quantitative estimate of drug-likeness (QED) is 0.435. The Bertz CT molecular complexity index is 918. The van der Waals surface area contributed by atoms with Gasteiger partial charge in [-0.1, -0.05) is 19.9 Å². The molecule has 0 aromatic carbocycles. The van der Waals surface area contributed by atoms with Gasteiger partial charge in [0.1, 0.15) is 5.78 Å². The van der Waals surface area contributed by atoms with Crippen LogP contribution in [0.5, 0.6) is 0 Å². The maximum atomic E-state index is 13.1. The number of alkyl halides is 6. The van der Waals surface area contributed by atoms with Crippen molar-refractivity contribution in [3.05, 3.63) is 23.3 Å². The number of allylic oxidation sites excluding steroid dienone is 3. The Morgan fingerprint density at radius 2 is 1.68 bits per heavy atom. The number of hydrogen-bond acceptors (Lipinski definition) is 2. The summed E-state index contributed by atoms with van der Waals surface area (Å²) in [4.78, 5) is 24.3. The van der Waals surface area contributed by atoms with Gasteiger partial charge in [-0.25, -0.2) is 4.79 Å². The van der Waals surface area contributed by atoms with Crippen LogP contribution < -0.4 is 0 Å². The lowest BCUT2D eigenvalue weighted by Crippen LogP contribution is -2.50. The standard InChI is InChI=1S/C25H30F6O3/c1-22-9-7-13(21(33)34)11-14(22)3-4-15-16-5-6-18(23(16,2)10-8-17(15)22)19(32)12-20(24(26,27)28)25(29,30)31/h3,11,15-18,20H,4-10,12H2,1-2H3,(H,33,34)/t15-,16-,17-,18+,22-,23-/m0/s1. The molecule has 3 nitrogen and oxygen atoms in total. The lowest BCUT2D eigenvalue weighted by molar-refractivity contribution is -0.284. The summed E-state index contributed by atoms with van der Waals surface area (Å²) in [5.41, 5.74) is 0.588. The molecule has 0 radical (unpaired) electrons. The molecule has 4 aliphatic rings. The zero-order valence-corrected chi connectivity index (χ0v) is 19.2. The van der Waals surface area contributed by atoms with E-state index in [4.69, 9.17) is 0 Å². The van der Waals surface area contributed by atoms with Gasteiger partial charge in [-0.15, -0.1) is 0 Å². The van der Waals surface area contributed by atoms with Gasteiger partial charge in [-0.2, -0.15) is 26.3 Å². The van der Waals surface area contributed by atoms with Crippen molar-refractivity contribution in [3.63, 3.8) is 0 Å². The summed E-state index contributed by atoms with van der Waals surface area (Å²) in [6.07, 6.45) is -4.63. The number of fused-ring (bicyclic) bond motifs is 5. The predicted molar refractivity (Wildman–Crippen MR) is 112 cm³/mol. The Balaban J connectivity index is 1.57. The van der Waals surface area contributed by atoms with Crippen LogP contribution in [0.25, 0.3) is 0 Å². The number of carboxylic acids is 1. The molecule has 0 bridgehead atoms. The van der Waals surface area contributed by atoms with Gasteiger partial charge in [0.2, 0.25) is 0 Å². The molecule has 1 N–H and O–H groups in total. The summed E-state index contributed by atoms with van der Waals surface area (Å²) in [5, 5.41) is 9.38. The molecule has 2 fully saturated rings. The fraction of sp³-hybridized carbons (Fsp3) is 0.760. The molecule has 0 aliphatic heterocycles. The fourth-order valence-electron chi connectivity index (χ4n) is 7.78. The van der Waals surface area contributed by atoms with Crippen LogP contribution >= 0.6 is 0 Å². The molecular formula is C25H30F6O3. The largest absolute Gasteiger partial charge is 0.478 e. The average Bonchev–Trinajstić information content (AvgIpc) is 3.06. The Morgan fingerprint density at radius 3 is 2.26 bits per heavy atom. The number of Topliss-reactive ketones (excluding diaryl/α,β-unsaturated/α-hetero) is 1. The summed E-state index contributed by atoms with van der Waals surface area (Å²) < 4.78 is 78.4. The highest BCUT2D eigenvalue weighted by Gasteiger charge is 2.62. The number of halogens is 6. The van der Waals surface area contributed by atoms with Gasteiger partial charge in [0.25, 0.3) is 0 Å². The Hall–Kier alpha value is -1.80. The topological polar surface area (TPSA) is 54.4 Å². The highest BCUT2D eigenvalue weighted by atomic mass is 19.4. The van der Waals surface area contributed by atoms with Gasteiger partial charge < -0.3 is 5.11 Å². The van der Waals surface area contributed by atoms with E-state index in [1.807, 2.05) is 6.92 Å². The average molecular weight is 493 g/mol. The molecule has 34 heavy (non-hydrogen) atoms. The van der Waals surface area contributed by atoms with E-state index in [0.29, 0.717) is 44.1 Å². The van der Waals surface area contributed by atoms with Gasteiger partial charge >= 0.3 is 18.3 Å². The molecule has 0 heterocycles. The Morgan fingerprint density at radius 1 is 1.03 bits per heavy atom. The van der Waals surface area contributed by atoms with Gasteiger partial charge in [0.05, 0.1) is 0 Å². The van der Waals surface area contributed by atoms with Crippen molar-refractivity contribution in [2.45, 2.75) is 77.6 Å². The summed E-state index contributed by atoms with van der Waals surface area (Å²) >= 11 is 0. The van der Waals surface area contributed by atoms with E-state index in [1.54, 1.807) is 6.08 Å². The zero-order valence-electron chi connectivity index (χ0n) is 19.2.